The van der Waals surface area contributed by atoms with E-state index in [1.807, 2.05) is 24.3 Å². The van der Waals surface area contributed by atoms with Crippen LogP contribution in [0.5, 0.6) is 0 Å². The van der Waals surface area contributed by atoms with Gasteiger partial charge in [0.2, 0.25) is 0 Å². The Morgan fingerprint density at radius 2 is 1.95 bits per heavy atom. The monoisotopic (exact) mass is 259 g/mol. The normalized spacial score (nSPS) is 10.2. The first-order valence-corrected chi connectivity index (χ1v) is 6.07. The summed E-state index contributed by atoms with van der Waals surface area (Å²) < 4.78 is 0. The fraction of sp³-hybridized carbons (Fsp3) is 0.308. The zero-order chi connectivity index (χ0) is 13.7. The molecule has 2 rings (SSSR count). The largest absolute Gasteiger partial charge is 0.367 e. The van der Waals surface area contributed by atoms with Gasteiger partial charge in [-0.3, -0.25) is 4.98 Å². The van der Waals surface area contributed by atoms with E-state index in [4.69, 9.17) is 0 Å². The predicted molar refractivity (Wildman–Crippen MR) is 75.1 cm³/mol. The minimum atomic E-state index is -0.105. The number of carbonyl (C=O) groups is 1. The van der Waals surface area contributed by atoms with E-state index in [2.05, 4.69) is 20.6 Å². The minimum absolute atomic E-state index is 0.105. The summed E-state index contributed by atoms with van der Waals surface area (Å²) in [6.07, 6.45) is 1.69. The third-order valence-electron chi connectivity index (χ3n) is 2.56. The number of hydrogen-bond acceptors (Lipinski definition) is 4. The van der Waals surface area contributed by atoms with E-state index in [0.29, 0.717) is 18.9 Å². The van der Waals surface area contributed by atoms with E-state index < -0.39 is 0 Å². The lowest BCUT2D eigenvalue weighted by Gasteiger charge is -2.12. The zero-order valence-electron chi connectivity index (χ0n) is 11.1. The van der Waals surface area contributed by atoms with E-state index in [9.17, 15) is 4.79 Å². The number of benzene rings is 1. The number of aromatic nitrogens is 2. The predicted octanol–water partition coefficient (Wildman–Crippen LogP) is 1.31. The van der Waals surface area contributed by atoms with Gasteiger partial charge >= 0.3 is 6.03 Å². The average molecular weight is 259 g/mol. The molecular formula is C13H17N5O. The quantitative estimate of drug-likeness (QED) is 0.812. The lowest BCUT2D eigenvalue weighted by atomic mass is 10.3. The zero-order valence-corrected chi connectivity index (χ0v) is 11.1. The number of nitrogens with one attached hydrogen (secondary N) is 2. The summed E-state index contributed by atoms with van der Waals surface area (Å²) in [5.41, 5.74) is 1.72. The summed E-state index contributed by atoms with van der Waals surface area (Å²) >= 11 is 0. The molecule has 1 aromatic heterocycles. The molecule has 2 amide bonds. The van der Waals surface area contributed by atoms with E-state index >= 15 is 0 Å². The van der Waals surface area contributed by atoms with Gasteiger partial charge in [-0.1, -0.05) is 12.1 Å². The number of rotatable bonds is 4. The second-order valence-electron chi connectivity index (χ2n) is 4.30. The van der Waals surface area contributed by atoms with Gasteiger partial charge < -0.3 is 15.5 Å². The van der Waals surface area contributed by atoms with Gasteiger partial charge in [-0.2, -0.15) is 0 Å². The molecule has 0 atom stereocenters. The van der Waals surface area contributed by atoms with Crippen molar-refractivity contribution in [2.45, 2.75) is 0 Å². The van der Waals surface area contributed by atoms with Crippen LogP contribution in [0, 0.1) is 0 Å². The average Bonchev–Trinajstić information content (AvgIpc) is 2.43. The molecule has 6 heteroatoms. The van der Waals surface area contributed by atoms with Gasteiger partial charge in [0.1, 0.15) is 5.82 Å². The molecule has 0 unspecified atom stereocenters. The van der Waals surface area contributed by atoms with Gasteiger partial charge in [-0.25, -0.2) is 9.78 Å². The van der Waals surface area contributed by atoms with Crippen LogP contribution in [0.25, 0.3) is 11.0 Å². The van der Waals surface area contributed by atoms with Crippen LogP contribution in [0.1, 0.15) is 0 Å². The summed E-state index contributed by atoms with van der Waals surface area (Å²) in [7, 11) is 3.41. The standard InChI is InChI=1S/C13H17N5O/c1-18(2)13(19)15-8-7-14-12-9-16-10-5-3-4-6-11(10)17-12/h3-6,9H,7-8H2,1-2H3,(H,14,17)(H,15,19). The number of hydrogen-bond donors (Lipinski definition) is 2. The number of carbonyl (C=O) groups excluding carboxylic acids is 1. The first-order chi connectivity index (χ1) is 9.16. The van der Waals surface area contributed by atoms with E-state index in [1.165, 1.54) is 4.90 Å². The fourth-order valence-corrected chi connectivity index (χ4v) is 1.56. The molecule has 6 nitrogen and oxygen atoms in total. The molecule has 0 radical (unpaired) electrons. The molecule has 0 bridgehead atoms. The number of para-hydroxylation sites is 2. The number of nitrogens with zero attached hydrogens (tertiary/aromatic N) is 3. The van der Waals surface area contributed by atoms with Crippen molar-refractivity contribution >= 4 is 22.9 Å². The highest BCUT2D eigenvalue weighted by atomic mass is 16.2. The number of fused-ring (bicyclic) bond motifs is 1. The fourth-order valence-electron chi connectivity index (χ4n) is 1.56. The number of amides is 2. The van der Waals surface area contributed by atoms with Crippen molar-refractivity contribution in [3.63, 3.8) is 0 Å². The van der Waals surface area contributed by atoms with Crippen LogP contribution in [0.2, 0.25) is 0 Å². The maximum atomic E-state index is 11.3. The Labute approximate surface area is 111 Å². The van der Waals surface area contributed by atoms with Crippen molar-refractivity contribution in [1.82, 2.24) is 20.2 Å². The molecule has 2 N–H and O–H groups in total. The van der Waals surface area contributed by atoms with Crippen molar-refractivity contribution < 1.29 is 4.79 Å². The second kappa shape index (κ2) is 5.99. The molecule has 19 heavy (non-hydrogen) atoms. The van der Waals surface area contributed by atoms with Gasteiger partial charge in [-0.05, 0) is 12.1 Å². The Kier molecular flexibility index (Phi) is 4.12. The number of urea groups is 1. The second-order valence-corrected chi connectivity index (χ2v) is 4.30. The summed E-state index contributed by atoms with van der Waals surface area (Å²) in [6.45, 7) is 1.14. The molecule has 0 saturated carbocycles. The Balaban J connectivity index is 1.86. The molecule has 0 aliphatic heterocycles. The van der Waals surface area contributed by atoms with Crippen molar-refractivity contribution in [3.8, 4) is 0 Å². The molecule has 0 spiro atoms. The van der Waals surface area contributed by atoms with Crippen LogP contribution in [-0.2, 0) is 0 Å². The highest BCUT2D eigenvalue weighted by Crippen LogP contribution is 2.10. The Morgan fingerprint density at radius 3 is 2.68 bits per heavy atom. The van der Waals surface area contributed by atoms with Crippen LogP contribution in [0.3, 0.4) is 0 Å². The van der Waals surface area contributed by atoms with E-state index in [0.717, 1.165) is 11.0 Å². The lowest BCUT2D eigenvalue weighted by molar-refractivity contribution is 0.218. The first kappa shape index (κ1) is 13.1. The highest BCUT2D eigenvalue weighted by molar-refractivity contribution is 5.75. The van der Waals surface area contributed by atoms with Crippen molar-refractivity contribution in [2.75, 3.05) is 32.5 Å². The summed E-state index contributed by atoms with van der Waals surface area (Å²) in [4.78, 5) is 21.5. The number of anilines is 1. The van der Waals surface area contributed by atoms with Crippen molar-refractivity contribution in [1.29, 1.82) is 0 Å². The first-order valence-electron chi connectivity index (χ1n) is 6.07. The maximum Gasteiger partial charge on any atom is 0.316 e. The molecule has 2 aromatic rings. The SMILES string of the molecule is CN(C)C(=O)NCCNc1cnc2ccccc2n1. The summed E-state index contributed by atoms with van der Waals surface area (Å²) in [5, 5.41) is 5.89. The van der Waals surface area contributed by atoms with Gasteiger partial charge in [0, 0.05) is 27.2 Å². The molecule has 0 saturated heterocycles. The Bertz CT molecular complexity index is 570. The summed E-state index contributed by atoms with van der Waals surface area (Å²) in [5.74, 6) is 0.706. The third-order valence-corrected chi connectivity index (χ3v) is 2.56. The van der Waals surface area contributed by atoms with Gasteiger partial charge in [0.25, 0.3) is 0 Å². The highest BCUT2D eigenvalue weighted by Gasteiger charge is 2.01. The topological polar surface area (TPSA) is 70.2 Å². The lowest BCUT2D eigenvalue weighted by Crippen LogP contribution is -2.37. The van der Waals surface area contributed by atoms with Gasteiger partial charge in [-0.15, -0.1) is 0 Å². The molecule has 0 fully saturated rings. The third kappa shape index (κ3) is 3.54. The summed E-state index contributed by atoms with van der Waals surface area (Å²) in [6, 6.07) is 7.59. The molecule has 1 aromatic carbocycles. The van der Waals surface area contributed by atoms with E-state index in [-0.39, 0.29) is 6.03 Å². The molecule has 0 aliphatic carbocycles. The van der Waals surface area contributed by atoms with Crippen LogP contribution in [0.15, 0.2) is 30.5 Å². The molecular weight excluding hydrogens is 242 g/mol. The minimum Gasteiger partial charge on any atom is -0.367 e. The smallest absolute Gasteiger partial charge is 0.316 e. The molecule has 0 aliphatic rings. The Morgan fingerprint density at radius 1 is 1.21 bits per heavy atom. The van der Waals surface area contributed by atoms with Crippen LogP contribution in [-0.4, -0.2) is 48.1 Å². The van der Waals surface area contributed by atoms with Gasteiger partial charge in [0.15, 0.2) is 0 Å². The van der Waals surface area contributed by atoms with E-state index in [1.54, 1.807) is 20.3 Å². The van der Waals surface area contributed by atoms with Crippen molar-refractivity contribution in [3.05, 3.63) is 30.5 Å². The van der Waals surface area contributed by atoms with Crippen LogP contribution >= 0.6 is 0 Å². The van der Waals surface area contributed by atoms with Crippen LogP contribution < -0.4 is 10.6 Å². The van der Waals surface area contributed by atoms with Crippen LogP contribution in [0.4, 0.5) is 10.6 Å². The maximum absolute atomic E-state index is 11.3. The van der Waals surface area contributed by atoms with Gasteiger partial charge in [0.05, 0.1) is 17.2 Å². The van der Waals surface area contributed by atoms with Crippen molar-refractivity contribution in [2.24, 2.45) is 0 Å². The Hall–Kier alpha value is -2.37. The molecule has 100 valence electrons. The molecule has 1 heterocycles.